The van der Waals surface area contributed by atoms with E-state index < -0.39 is 0 Å². The molecule has 0 radical (unpaired) electrons. The normalized spacial score (nSPS) is 25.4. The van der Waals surface area contributed by atoms with E-state index in [2.05, 4.69) is 28.9 Å². The lowest BCUT2D eigenvalue weighted by Crippen LogP contribution is -2.26. The highest BCUT2D eigenvalue weighted by Crippen LogP contribution is 2.26. The molecule has 1 saturated carbocycles. The van der Waals surface area contributed by atoms with Crippen molar-refractivity contribution in [2.75, 3.05) is 0 Å². The number of halogens is 1. The molecule has 1 aromatic rings. The monoisotopic (exact) mass is 284 g/mol. The standard InChI is InChI=1S/C13H17BrO2/c1-9-8-12(6-7-13(9)14)16-11-4-2-10(15)3-5-11/h6-8,10-11,15H,2-5H2,1H3. The summed E-state index contributed by atoms with van der Waals surface area (Å²) in [7, 11) is 0. The molecular formula is C13H17BrO2. The maximum Gasteiger partial charge on any atom is 0.120 e. The average Bonchev–Trinajstić information content (AvgIpc) is 2.27. The van der Waals surface area contributed by atoms with Crippen LogP contribution in [0.4, 0.5) is 0 Å². The molecule has 0 heterocycles. The van der Waals surface area contributed by atoms with Crippen LogP contribution in [0.2, 0.25) is 0 Å². The molecule has 1 N–H and O–H groups in total. The number of benzene rings is 1. The maximum absolute atomic E-state index is 9.41. The van der Waals surface area contributed by atoms with E-state index in [4.69, 9.17) is 4.74 Å². The first-order valence-electron chi connectivity index (χ1n) is 5.76. The van der Waals surface area contributed by atoms with Crippen LogP contribution in [0.1, 0.15) is 31.2 Å². The predicted molar refractivity (Wildman–Crippen MR) is 67.8 cm³/mol. The van der Waals surface area contributed by atoms with E-state index in [9.17, 15) is 5.11 Å². The summed E-state index contributed by atoms with van der Waals surface area (Å²) in [6.07, 6.45) is 3.78. The second-order valence-corrected chi connectivity index (χ2v) is 5.31. The number of ether oxygens (including phenoxy) is 1. The van der Waals surface area contributed by atoms with Gasteiger partial charge in [-0.1, -0.05) is 15.9 Å². The number of aliphatic hydroxyl groups excluding tert-OH is 1. The Morgan fingerprint density at radius 3 is 2.56 bits per heavy atom. The lowest BCUT2D eigenvalue weighted by atomic mass is 9.95. The zero-order chi connectivity index (χ0) is 11.5. The zero-order valence-electron chi connectivity index (χ0n) is 9.45. The fourth-order valence-corrected chi connectivity index (χ4v) is 2.29. The molecular weight excluding hydrogens is 268 g/mol. The Morgan fingerprint density at radius 2 is 1.94 bits per heavy atom. The topological polar surface area (TPSA) is 29.5 Å². The van der Waals surface area contributed by atoms with Crippen molar-refractivity contribution < 1.29 is 9.84 Å². The van der Waals surface area contributed by atoms with Crippen LogP contribution in [-0.4, -0.2) is 17.3 Å². The van der Waals surface area contributed by atoms with Gasteiger partial charge in [0.1, 0.15) is 5.75 Å². The fraction of sp³-hybridized carbons (Fsp3) is 0.538. The van der Waals surface area contributed by atoms with Gasteiger partial charge in [-0.25, -0.2) is 0 Å². The summed E-state index contributed by atoms with van der Waals surface area (Å²) in [4.78, 5) is 0. The van der Waals surface area contributed by atoms with Crippen LogP contribution < -0.4 is 4.74 Å². The van der Waals surface area contributed by atoms with Gasteiger partial charge in [0.25, 0.3) is 0 Å². The van der Waals surface area contributed by atoms with E-state index in [1.54, 1.807) is 0 Å². The molecule has 1 fully saturated rings. The third-order valence-corrected chi connectivity index (χ3v) is 3.97. The minimum Gasteiger partial charge on any atom is -0.490 e. The third kappa shape index (κ3) is 2.98. The third-order valence-electron chi connectivity index (χ3n) is 3.08. The van der Waals surface area contributed by atoms with Crippen molar-refractivity contribution in [2.45, 2.75) is 44.8 Å². The summed E-state index contributed by atoms with van der Waals surface area (Å²) in [5, 5.41) is 9.41. The minimum atomic E-state index is -0.119. The van der Waals surface area contributed by atoms with Crippen molar-refractivity contribution in [3.05, 3.63) is 28.2 Å². The molecule has 1 aliphatic rings. The SMILES string of the molecule is Cc1cc(OC2CCC(O)CC2)ccc1Br. The Balaban J connectivity index is 1.96. The van der Waals surface area contributed by atoms with Crippen LogP contribution in [0.3, 0.4) is 0 Å². The molecule has 0 atom stereocenters. The van der Waals surface area contributed by atoms with Gasteiger partial charge in [0.05, 0.1) is 12.2 Å². The lowest BCUT2D eigenvalue weighted by molar-refractivity contribution is 0.0665. The van der Waals surface area contributed by atoms with Crippen molar-refractivity contribution in [3.8, 4) is 5.75 Å². The largest absolute Gasteiger partial charge is 0.490 e. The van der Waals surface area contributed by atoms with Crippen molar-refractivity contribution >= 4 is 15.9 Å². The van der Waals surface area contributed by atoms with Gasteiger partial charge in [-0.15, -0.1) is 0 Å². The van der Waals surface area contributed by atoms with E-state index in [0.29, 0.717) is 0 Å². The Labute approximate surface area is 105 Å². The highest BCUT2D eigenvalue weighted by molar-refractivity contribution is 9.10. The molecule has 0 bridgehead atoms. The summed E-state index contributed by atoms with van der Waals surface area (Å²) >= 11 is 3.47. The highest BCUT2D eigenvalue weighted by Gasteiger charge is 2.20. The first kappa shape index (κ1) is 11.9. The summed E-state index contributed by atoms with van der Waals surface area (Å²) in [5.74, 6) is 0.932. The number of hydrogen-bond donors (Lipinski definition) is 1. The average molecular weight is 285 g/mol. The van der Waals surface area contributed by atoms with Gasteiger partial charge in [-0.2, -0.15) is 0 Å². The molecule has 1 aromatic carbocycles. The molecule has 0 saturated heterocycles. The molecule has 88 valence electrons. The molecule has 1 aliphatic carbocycles. The Bertz CT molecular complexity index is 357. The predicted octanol–water partition coefficient (Wildman–Crippen LogP) is 3.44. The molecule has 0 amide bonds. The number of rotatable bonds is 2. The lowest BCUT2D eigenvalue weighted by Gasteiger charge is -2.26. The number of hydrogen-bond acceptors (Lipinski definition) is 2. The van der Waals surface area contributed by atoms with Crippen LogP contribution in [0, 0.1) is 6.92 Å². The quantitative estimate of drug-likeness (QED) is 0.902. The Morgan fingerprint density at radius 1 is 1.25 bits per heavy atom. The highest BCUT2D eigenvalue weighted by atomic mass is 79.9. The van der Waals surface area contributed by atoms with Gasteiger partial charge in [0.15, 0.2) is 0 Å². The van der Waals surface area contributed by atoms with Crippen LogP contribution in [0.15, 0.2) is 22.7 Å². The van der Waals surface area contributed by atoms with Crippen LogP contribution in [-0.2, 0) is 0 Å². The van der Waals surface area contributed by atoms with E-state index in [1.165, 1.54) is 5.56 Å². The van der Waals surface area contributed by atoms with Gasteiger partial charge >= 0.3 is 0 Å². The van der Waals surface area contributed by atoms with E-state index >= 15 is 0 Å². The second-order valence-electron chi connectivity index (χ2n) is 4.46. The van der Waals surface area contributed by atoms with Gasteiger partial charge in [-0.05, 0) is 56.4 Å². The van der Waals surface area contributed by atoms with Gasteiger partial charge in [0.2, 0.25) is 0 Å². The summed E-state index contributed by atoms with van der Waals surface area (Å²) in [5.41, 5.74) is 1.19. The van der Waals surface area contributed by atoms with E-state index in [0.717, 1.165) is 35.9 Å². The van der Waals surface area contributed by atoms with Crippen molar-refractivity contribution in [1.29, 1.82) is 0 Å². The van der Waals surface area contributed by atoms with Crippen LogP contribution >= 0.6 is 15.9 Å². The van der Waals surface area contributed by atoms with Gasteiger partial charge < -0.3 is 9.84 Å². The molecule has 0 aliphatic heterocycles. The first-order valence-corrected chi connectivity index (χ1v) is 6.55. The van der Waals surface area contributed by atoms with E-state index in [1.807, 2.05) is 12.1 Å². The fourth-order valence-electron chi connectivity index (χ4n) is 2.05. The zero-order valence-corrected chi connectivity index (χ0v) is 11.0. The van der Waals surface area contributed by atoms with Crippen molar-refractivity contribution in [3.63, 3.8) is 0 Å². The minimum absolute atomic E-state index is 0.119. The molecule has 0 aromatic heterocycles. The van der Waals surface area contributed by atoms with Crippen LogP contribution in [0.5, 0.6) is 5.75 Å². The summed E-state index contributed by atoms with van der Waals surface area (Å²) in [6.45, 7) is 2.06. The van der Waals surface area contributed by atoms with Crippen LogP contribution in [0.25, 0.3) is 0 Å². The van der Waals surface area contributed by atoms with Gasteiger partial charge in [-0.3, -0.25) is 0 Å². The molecule has 3 heteroatoms. The summed E-state index contributed by atoms with van der Waals surface area (Å²) < 4.78 is 7.02. The maximum atomic E-state index is 9.41. The summed E-state index contributed by atoms with van der Waals surface area (Å²) in [6, 6.07) is 6.06. The van der Waals surface area contributed by atoms with Gasteiger partial charge in [0, 0.05) is 4.47 Å². The molecule has 0 spiro atoms. The Kier molecular flexibility index (Phi) is 3.87. The number of aliphatic hydroxyl groups is 1. The smallest absolute Gasteiger partial charge is 0.120 e. The Hall–Kier alpha value is -0.540. The molecule has 2 rings (SSSR count). The van der Waals surface area contributed by atoms with E-state index in [-0.39, 0.29) is 12.2 Å². The second kappa shape index (κ2) is 5.19. The molecule has 0 unspecified atom stereocenters. The molecule has 2 nitrogen and oxygen atoms in total. The first-order chi connectivity index (χ1) is 7.65. The van der Waals surface area contributed by atoms with Crippen molar-refractivity contribution in [1.82, 2.24) is 0 Å². The van der Waals surface area contributed by atoms with Crippen molar-refractivity contribution in [2.24, 2.45) is 0 Å². The molecule has 16 heavy (non-hydrogen) atoms. The number of aryl methyl sites for hydroxylation is 1.